The van der Waals surface area contributed by atoms with E-state index in [2.05, 4.69) is 25.1 Å². The Morgan fingerprint density at radius 2 is 1.85 bits per heavy atom. The van der Waals surface area contributed by atoms with Crippen molar-refractivity contribution in [2.45, 2.75) is 32.5 Å². The van der Waals surface area contributed by atoms with Crippen LogP contribution < -0.4 is 9.47 Å². The van der Waals surface area contributed by atoms with E-state index < -0.39 is 0 Å². The Bertz CT molecular complexity index is 767. The molecular formula is C22H27NO4. The van der Waals surface area contributed by atoms with E-state index in [9.17, 15) is 4.79 Å². The van der Waals surface area contributed by atoms with Crippen molar-refractivity contribution >= 4 is 5.91 Å². The highest BCUT2D eigenvalue weighted by molar-refractivity contribution is 5.95. The normalized spacial score (nSPS) is 16.9. The van der Waals surface area contributed by atoms with Crippen LogP contribution in [-0.4, -0.2) is 44.2 Å². The van der Waals surface area contributed by atoms with E-state index in [4.69, 9.17) is 14.2 Å². The molecule has 5 nitrogen and oxygen atoms in total. The highest BCUT2D eigenvalue weighted by Gasteiger charge is 2.25. The van der Waals surface area contributed by atoms with Crippen LogP contribution in [0.15, 0.2) is 42.5 Å². The minimum atomic E-state index is -0.0175. The molecule has 0 spiro atoms. The zero-order valence-corrected chi connectivity index (χ0v) is 16.2. The Morgan fingerprint density at radius 3 is 2.52 bits per heavy atom. The predicted octanol–water partition coefficient (Wildman–Crippen LogP) is 3.83. The van der Waals surface area contributed by atoms with Crippen LogP contribution in [-0.2, 0) is 11.3 Å². The Labute approximate surface area is 160 Å². The minimum absolute atomic E-state index is 0.0175. The van der Waals surface area contributed by atoms with Crippen LogP contribution in [0.3, 0.4) is 0 Å². The first-order chi connectivity index (χ1) is 13.1. The molecule has 1 saturated heterocycles. The lowest BCUT2D eigenvalue weighted by Gasteiger charge is -2.33. The molecule has 0 saturated carbocycles. The van der Waals surface area contributed by atoms with Gasteiger partial charge in [0.2, 0.25) is 0 Å². The molecule has 144 valence electrons. The van der Waals surface area contributed by atoms with Gasteiger partial charge >= 0.3 is 0 Å². The molecule has 5 heteroatoms. The lowest BCUT2D eigenvalue weighted by Crippen LogP contribution is -2.43. The summed E-state index contributed by atoms with van der Waals surface area (Å²) in [5.74, 6) is 1.21. The molecule has 1 aliphatic rings. The van der Waals surface area contributed by atoms with Gasteiger partial charge in [-0.25, -0.2) is 0 Å². The lowest BCUT2D eigenvalue weighted by molar-refractivity contribution is -0.00675. The van der Waals surface area contributed by atoms with Crippen molar-refractivity contribution in [1.82, 2.24) is 4.90 Å². The summed E-state index contributed by atoms with van der Waals surface area (Å²) in [5.41, 5.74) is 2.96. The topological polar surface area (TPSA) is 48.0 Å². The van der Waals surface area contributed by atoms with E-state index in [1.54, 1.807) is 32.4 Å². The number of methoxy groups -OCH3 is 2. The van der Waals surface area contributed by atoms with Crippen molar-refractivity contribution in [3.63, 3.8) is 0 Å². The largest absolute Gasteiger partial charge is 0.497 e. The second-order valence-corrected chi connectivity index (χ2v) is 6.92. The van der Waals surface area contributed by atoms with Crippen LogP contribution in [0.4, 0.5) is 0 Å². The number of ether oxygens (including phenoxy) is 3. The second-order valence-electron chi connectivity index (χ2n) is 6.92. The van der Waals surface area contributed by atoms with E-state index in [-0.39, 0.29) is 12.0 Å². The molecule has 1 heterocycles. The average molecular weight is 369 g/mol. The summed E-state index contributed by atoms with van der Waals surface area (Å²) < 4.78 is 16.6. The van der Waals surface area contributed by atoms with Crippen molar-refractivity contribution in [3.8, 4) is 11.5 Å². The van der Waals surface area contributed by atoms with E-state index >= 15 is 0 Å². The number of piperidine rings is 1. The van der Waals surface area contributed by atoms with E-state index in [0.717, 1.165) is 24.9 Å². The summed E-state index contributed by atoms with van der Waals surface area (Å²) >= 11 is 0. The first-order valence-corrected chi connectivity index (χ1v) is 9.28. The van der Waals surface area contributed by atoms with Crippen LogP contribution in [0.1, 0.15) is 34.3 Å². The number of hydrogen-bond acceptors (Lipinski definition) is 4. The van der Waals surface area contributed by atoms with Crippen molar-refractivity contribution in [1.29, 1.82) is 0 Å². The number of likely N-dealkylation sites (tertiary alicyclic amines) is 1. The van der Waals surface area contributed by atoms with Gasteiger partial charge in [-0.1, -0.05) is 29.8 Å². The van der Waals surface area contributed by atoms with Gasteiger partial charge in [0, 0.05) is 24.7 Å². The first-order valence-electron chi connectivity index (χ1n) is 9.28. The van der Waals surface area contributed by atoms with Gasteiger partial charge in [0.05, 0.1) is 26.9 Å². The van der Waals surface area contributed by atoms with Gasteiger partial charge in [0.25, 0.3) is 5.91 Å². The van der Waals surface area contributed by atoms with Gasteiger partial charge in [-0.15, -0.1) is 0 Å². The molecule has 0 unspecified atom stereocenters. The number of carbonyl (C=O) groups excluding carboxylic acids is 1. The Morgan fingerprint density at radius 1 is 1.11 bits per heavy atom. The van der Waals surface area contributed by atoms with Crippen LogP contribution in [0.2, 0.25) is 0 Å². The number of carbonyl (C=O) groups is 1. The summed E-state index contributed by atoms with van der Waals surface area (Å²) in [6, 6.07) is 13.6. The number of amides is 1. The molecule has 0 radical (unpaired) electrons. The molecule has 27 heavy (non-hydrogen) atoms. The number of nitrogens with zero attached hydrogens (tertiary/aromatic N) is 1. The minimum Gasteiger partial charge on any atom is -0.497 e. The summed E-state index contributed by atoms with van der Waals surface area (Å²) in [7, 11) is 3.16. The summed E-state index contributed by atoms with van der Waals surface area (Å²) in [5, 5.41) is 0. The summed E-state index contributed by atoms with van der Waals surface area (Å²) in [6.07, 6.45) is 1.96. The SMILES string of the molecule is COc1cc(OC)cc(C(=O)N2CCC[C@H](OCc3cccc(C)c3)C2)c1. The Balaban J connectivity index is 1.64. The molecule has 0 N–H and O–H groups in total. The summed E-state index contributed by atoms with van der Waals surface area (Å²) in [4.78, 5) is 14.8. The maximum Gasteiger partial charge on any atom is 0.254 e. The maximum absolute atomic E-state index is 13.0. The molecule has 0 bridgehead atoms. The van der Waals surface area contributed by atoms with Gasteiger partial charge in [0.1, 0.15) is 11.5 Å². The fraction of sp³-hybridized carbons (Fsp3) is 0.409. The fourth-order valence-electron chi connectivity index (χ4n) is 3.39. The predicted molar refractivity (Wildman–Crippen MR) is 104 cm³/mol. The number of hydrogen-bond donors (Lipinski definition) is 0. The van der Waals surface area contributed by atoms with Crippen LogP contribution in [0, 0.1) is 6.92 Å². The third kappa shape index (κ3) is 5.01. The van der Waals surface area contributed by atoms with Gasteiger partial charge in [-0.2, -0.15) is 0 Å². The molecule has 3 rings (SSSR count). The third-order valence-electron chi connectivity index (χ3n) is 4.83. The average Bonchev–Trinajstić information content (AvgIpc) is 2.71. The molecule has 0 aromatic heterocycles. The third-order valence-corrected chi connectivity index (χ3v) is 4.83. The standard InChI is InChI=1S/C22H27NO4/c1-16-6-4-7-17(10-16)15-27-19-8-5-9-23(14-19)22(24)18-11-20(25-2)13-21(12-18)26-3/h4,6-7,10-13,19H,5,8-9,14-15H2,1-3H3/t19-/m0/s1. The highest BCUT2D eigenvalue weighted by Crippen LogP contribution is 2.25. The smallest absolute Gasteiger partial charge is 0.254 e. The molecule has 1 aliphatic heterocycles. The highest BCUT2D eigenvalue weighted by atomic mass is 16.5. The van der Waals surface area contributed by atoms with E-state index in [1.165, 1.54) is 5.56 Å². The molecule has 1 amide bonds. The zero-order chi connectivity index (χ0) is 19.2. The molecule has 0 aliphatic carbocycles. The fourth-order valence-corrected chi connectivity index (χ4v) is 3.39. The van der Waals surface area contributed by atoms with Gasteiger partial charge in [0.15, 0.2) is 0 Å². The molecular weight excluding hydrogens is 342 g/mol. The zero-order valence-electron chi connectivity index (χ0n) is 16.2. The van der Waals surface area contributed by atoms with Gasteiger partial charge in [-0.05, 0) is 37.5 Å². The molecule has 2 aromatic rings. The van der Waals surface area contributed by atoms with Crippen LogP contribution >= 0.6 is 0 Å². The molecule has 1 fully saturated rings. The van der Waals surface area contributed by atoms with E-state index in [1.807, 2.05) is 11.0 Å². The van der Waals surface area contributed by atoms with Crippen molar-refractivity contribution in [3.05, 3.63) is 59.2 Å². The van der Waals surface area contributed by atoms with Crippen LogP contribution in [0.25, 0.3) is 0 Å². The number of aryl methyl sites for hydroxylation is 1. The second kappa shape index (κ2) is 8.91. The number of benzene rings is 2. The van der Waals surface area contributed by atoms with E-state index in [0.29, 0.717) is 30.2 Å². The van der Waals surface area contributed by atoms with Crippen molar-refractivity contribution < 1.29 is 19.0 Å². The van der Waals surface area contributed by atoms with Crippen LogP contribution in [0.5, 0.6) is 11.5 Å². The van der Waals surface area contributed by atoms with Crippen molar-refractivity contribution in [2.75, 3.05) is 27.3 Å². The van der Waals surface area contributed by atoms with Gasteiger partial charge < -0.3 is 19.1 Å². The monoisotopic (exact) mass is 369 g/mol. The number of rotatable bonds is 6. The Hall–Kier alpha value is -2.53. The summed E-state index contributed by atoms with van der Waals surface area (Å²) in [6.45, 7) is 3.99. The lowest BCUT2D eigenvalue weighted by atomic mass is 10.1. The Kier molecular flexibility index (Phi) is 6.35. The maximum atomic E-state index is 13.0. The molecule has 1 atom stereocenters. The quantitative estimate of drug-likeness (QED) is 0.776. The van der Waals surface area contributed by atoms with Gasteiger partial charge in [-0.3, -0.25) is 4.79 Å². The van der Waals surface area contributed by atoms with Crippen molar-refractivity contribution in [2.24, 2.45) is 0 Å². The first kappa shape index (κ1) is 19.2. The molecule has 2 aromatic carbocycles.